The van der Waals surface area contributed by atoms with Gasteiger partial charge in [0.05, 0.1) is 30.5 Å². The summed E-state index contributed by atoms with van der Waals surface area (Å²) in [6.07, 6.45) is 2.94. The van der Waals surface area contributed by atoms with Crippen LogP contribution in [0, 0.1) is 29.6 Å². The van der Waals surface area contributed by atoms with Crippen LogP contribution in [0.4, 0.5) is 0 Å². The molecule has 3 aliphatic rings. The lowest BCUT2D eigenvalue weighted by molar-refractivity contribution is -0.325. The van der Waals surface area contributed by atoms with E-state index in [2.05, 4.69) is 34.6 Å². The minimum absolute atomic E-state index is 0.0816. The second-order valence-corrected chi connectivity index (χ2v) is 12.2. The fraction of sp³-hybridized carbons (Fsp3) is 1.00. The van der Waals surface area contributed by atoms with Crippen LogP contribution in [0.3, 0.4) is 0 Å². The average Bonchev–Trinajstić information content (AvgIpc) is 2.79. The summed E-state index contributed by atoms with van der Waals surface area (Å²) >= 11 is 0. The number of aliphatic hydroxyl groups is 3. The maximum Gasteiger partial charge on any atom is 0.184 e. The predicted molar refractivity (Wildman–Crippen MR) is 135 cm³/mol. The first-order valence-corrected chi connectivity index (χ1v) is 14.2. The zero-order valence-electron chi connectivity index (χ0n) is 23.1. The van der Waals surface area contributed by atoms with Gasteiger partial charge in [-0.25, -0.2) is 0 Å². The van der Waals surface area contributed by atoms with Crippen LogP contribution in [0.1, 0.15) is 93.4 Å². The monoisotopic (exact) mass is 500 g/mol. The highest BCUT2D eigenvalue weighted by molar-refractivity contribution is 4.96. The summed E-state index contributed by atoms with van der Waals surface area (Å²) in [5.74, 6) is 0.630. The van der Waals surface area contributed by atoms with Crippen molar-refractivity contribution in [2.45, 2.75) is 142 Å². The first-order chi connectivity index (χ1) is 16.5. The number of aliphatic hydroxyl groups excluding tert-OH is 2. The Morgan fingerprint density at radius 1 is 0.971 bits per heavy atom. The third-order valence-corrected chi connectivity index (χ3v) is 8.78. The summed E-state index contributed by atoms with van der Waals surface area (Å²) in [6, 6.07) is 0. The van der Waals surface area contributed by atoms with Crippen LogP contribution in [0.2, 0.25) is 0 Å². The molecule has 2 aliphatic heterocycles. The minimum atomic E-state index is -1.11. The second-order valence-electron chi connectivity index (χ2n) is 12.2. The van der Waals surface area contributed by atoms with Gasteiger partial charge >= 0.3 is 0 Å². The van der Waals surface area contributed by atoms with Gasteiger partial charge in [0.2, 0.25) is 0 Å². The number of ether oxygens (including phenoxy) is 4. The molecule has 12 atom stereocenters. The van der Waals surface area contributed by atoms with Crippen LogP contribution in [0.25, 0.3) is 0 Å². The predicted octanol–water partition coefficient (Wildman–Crippen LogP) is 4.26. The van der Waals surface area contributed by atoms with Crippen molar-refractivity contribution in [1.29, 1.82) is 0 Å². The SMILES string of the molecule is CCCC[C@H]1C[C@@H](C)C(OC2OC[C@](C)(O)[C@H](CC)[C@H]2O)[C@@H](O)C1OC1O[C@H](C(C)C)CC[C@H]1C. The lowest BCUT2D eigenvalue weighted by Crippen LogP contribution is -2.60. The molecule has 0 radical (unpaired) electrons. The quantitative estimate of drug-likeness (QED) is 0.435. The van der Waals surface area contributed by atoms with Crippen LogP contribution in [0.15, 0.2) is 0 Å². The Bertz CT molecular complexity index is 641. The Labute approximate surface area is 212 Å². The fourth-order valence-electron chi connectivity index (χ4n) is 6.42. The van der Waals surface area contributed by atoms with E-state index in [9.17, 15) is 15.3 Å². The van der Waals surface area contributed by atoms with E-state index in [1.807, 2.05) is 6.92 Å². The van der Waals surface area contributed by atoms with E-state index < -0.39 is 36.3 Å². The Kier molecular flexibility index (Phi) is 10.5. The smallest absolute Gasteiger partial charge is 0.184 e. The van der Waals surface area contributed by atoms with E-state index in [0.717, 1.165) is 38.5 Å². The molecule has 1 aliphatic carbocycles. The molecule has 1 saturated carbocycles. The summed E-state index contributed by atoms with van der Waals surface area (Å²) in [5, 5.41) is 33.2. The molecule has 0 aromatic rings. The largest absolute Gasteiger partial charge is 0.388 e. The molecule has 0 aromatic carbocycles. The molecule has 0 spiro atoms. The summed E-state index contributed by atoms with van der Waals surface area (Å²) in [7, 11) is 0. The van der Waals surface area contributed by atoms with E-state index >= 15 is 0 Å². The van der Waals surface area contributed by atoms with Gasteiger partial charge in [-0.15, -0.1) is 0 Å². The van der Waals surface area contributed by atoms with Gasteiger partial charge in [0.15, 0.2) is 12.6 Å². The molecule has 0 amide bonds. The lowest BCUT2D eigenvalue weighted by atomic mass is 9.74. The van der Waals surface area contributed by atoms with Gasteiger partial charge < -0.3 is 34.3 Å². The third kappa shape index (κ3) is 6.78. The third-order valence-electron chi connectivity index (χ3n) is 8.78. The average molecular weight is 501 g/mol. The maximum absolute atomic E-state index is 11.6. The van der Waals surface area contributed by atoms with Crippen molar-refractivity contribution >= 4 is 0 Å². The molecule has 3 fully saturated rings. The Morgan fingerprint density at radius 3 is 2.29 bits per heavy atom. The van der Waals surface area contributed by atoms with Crippen molar-refractivity contribution in [1.82, 2.24) is 0 Å². The van der Waals surface area contributed by atoms with Crippen LogP contribution in [-0.4, -0.2) is 70.6 Å². The molecular formula is C28H52O7. The molecule has 2 saturated heterocycles. The summed E-state index contributed by atoms with van der Waals surface area (Å²) in [6.45, 7) is 14.5. The van der Waals surface area contributed by atoms with Gasteiger partial charge in [0.25, 0.3) is 0 Å². The molecular weight excluding hydrogens is 448 g/mol. The van der Waals surface area contributed by atoms with Crippen LogP contribution >= 0.6 is 0 Å². The standard InChI is InChI=1S/C28H52O7/c1-8-10-11-19-14-18(6)24(34-27-22(29)20(9-2)28(7,31)15-32-27)23(30)25(19)35-26-17(5)12-13-21(33-26)16(3)4/h16-27,29-31H,8-15H2,1-7H3/t17-,18-,19+,20-,21+,22-,23-,24?,25?,26?,27?,28+/m1/s1. The van der Waals surface area contributed by atoms with Crippen LogP contribution in [0.5, 0.6) is 0 Å². The van der Waals surface area contributed by atoms with Crippen molar-refractivity contribution in [3.63, 3.8) is 0 Å². The van der Waals surface area contributed by atoms with Crippen LogP contribution in [-0.2, 0) is 18.9 Å². The summed E-state index contributed by atoms with van der Waals surface area (Å²) in [4.78, 5) is 0. The zero-order valence-corrected chi connectivity index (χ0v) is 23.1. The van der Waals surface area contributed by atoms with Crippen molar-refractivity contribution in [3.8, 4) is 0 Å². The molecule has 3 rings (SSSR count). The normalized spacial score (nSPS) is 47.2. The molecule has 7 nitrogen and oxygen atoms in total. The molecule has 206 valence electrons. The highest BCUT2D eigenvalue weighted by Crippen LogP contribution is 2.41. The second kappa shape index (κ2) is 12.5. The van der Waals surface area contributed by atoms with Gasteiger partial charge in [-0.3, -0.25) is 0 Å². The van der Waals surface area contributed by atoms with E-state index in [1.165, 1.54) is 0 Å². The number of hydrogen-bond donors (Lipinski definition) is 3. The Balaban J connectivity index is 1.75. The summed E-state index contributed by atoms with van der Waals surface area (Å²) < 4.78 is 25.1. The number of rotatable bonds is 9. The van der Waals surface area contributed by atoms with Crippen LogP contribution < -0.4 is 0 Å². The van der Waals surface area contributed by atoms with Crippen molar-refractivity contribution in [3.05, 3.63) is 0 Å². The molecule has 0 bridgehead atoms. The van der Waals surface area contributed by atoms with Gasteiger partial charge in [0, 0.05) is 11.8 Å². The molecule has 7 heteroatoms. The number of hydrogen-bond acceptors (Lipinski definition) is 7. The minimum Gasteiger partial charge on any atom is -0.388 e. The molecule has 2 heterocycles. The van der Waals surface area contributed by atoms with E-state index in [0.29, 0.717) is 12.3 Å². The van der Waals surface area contributed by atoms with E-state index in [4.69, 9.17) is 18.9 Å². The summed E-state index contributed by atoms with van der Waals surface area (Å²) in [5.41, 5.74) is -1.11. The highest BCUT2D eigenvalue weighted by Gasteiger charge is 2.50. The topological polar surface area (TPSA) is 97.6 Å². The van der Waals surface area contributed by atoms with Crippen molar-refractivity contribution < 1.29 is 34.3 Å². The van der Waals surface area contributed by atoms with Gasteiger partial charge in [-0.05, 0) is 56.8 Å². The van der Waals surface area contributed by atoms with Gasteiger partial charge in [-0.2, -0.15) is 0 Å². The zero-order chi connectivity index (χ0) is 25.9. The maximum atomic E-state index is 11.6. The van der Waals surface area contributed by atoms with Gasteiger partial charge in [0.1, 0.15) is 12.2 Å². The molecule has 35 heavy (non-hydrogen) atoms. The lowest BCUT2D eigenvalue weighted by Gasteiger charge is -2.49. The van der Waals surface area contributed by atoms with E-state index in [-0.39, 0.29) is 42.7 Å². The fourth-order valence-corrected chi connectivity index (χ4v) is 6.42. The van der Waals surface area contributed by atoms with E-state index in [1.54, 1.807) is 6.92 Å². The van der Waals surface area contributed by atoms with Crippen molar-refractivity contribution in [2.24, 2.45) is 29.6 Å². The molecule has 0 aromatic heterocycles. The Morgan fingerprint density at radius 2 is 1.66 bits per heavy atom. The highest BCUT2D eigenvalue weighted by atomic mass is 16.7. The van der Waals surface area contributed by atoms with Gasteiger partial charge in [-0.1, -0.05) is 54.4 Å². The van der Waals surface area contributed by atoms with Crippen molar-refractivity contribution in [2.75, 3.05) is 6.61 Å². The first kappa shape index (κ1) is 29.3. The first-order valence-electron chi connectivity index (χ1n) is 14.2. The Hall–Kier alpha value is -0.280. The number of unbranched alkanes of at least 4 members (excludes halogenated alkanes) is 1. The molecule has 4 unspecified atom stereocenters. The molecule has 3 N–H and O–H groups in total.